The highest BCUT2D eigenvalue weighted by Crippen LogP contribution is 2.25. The summed E-state index contributed by atoms with van der Waals surface area (Å²) in [6.07, 6.45) is 4.04. The zero-order valence-corrected chi connectivity index (χ0v) is 15.2. The second kappa shape index (κ2) is 7.47. The van der Waals surface area contributed by atoms with E-state index in [2.05, 4.69) is 20.8 Å². The van der Waals surface area contributed by atoms with Gasteiger partial charge in [-0.3, -0.25) is 4.79 Å². The second-order valence-electron chi connectivity index (χ2n) is 8.83. The van der Waals surface area contributed by atoms with Crippen LogP contribution in [0.1, 0.15) is 73.6 Å². The Morgan fingerprint density at radius 3 is 2.27 bits per heavy atom. The van der Waals surface area contributed by atoms with Crippen LogP contribution in [0.3, 0.4) is 0 Å². The van der Waals surface area contributed by atoms with E-state index < -0.39 is 0 Å². The Hall–Kier alpha value is -1.06. The van der Waals surface area contributed by atoms with Gasteiger partial charge in [0.05, 0.1) is 6.61 Å². The number of nitrogens with zero attached hydrogens (tertiary/aromatic N) is 1. The van der Waals surface area contributed by atoms with Gasteiger partial charge in [-0.05, 0) is 36.5 Å². The minimum Gasteiger partial charge on any atom is -0.464 e. The Balaban J connectivity index is 2.48. The van der Waals surface area contributed by atoms with Crippen molar-refractivity contribution >= 4 is 11.9 Å². The first-order valence-corrected chi connectivity index (χ1v) is 8.46. The zero-order valence-electron chi connectivity index (χ0n) is 15.2. The van der Waals surface area contributed by atoms with Crippen LogP contribution in [-0.2, 0) is 14.3 Å². The molecule has 4 heteroatoms. The lowest BCUT2D eigenvalue weighted by atomic mass is 9.90. The van der Waals surface area contributed by atoms with Crippen molar-refractivity contribution in [2.24, 2.45) is 10.8 Å². The maximum absolute atomic E-state index is 12.4. The van der Waals surface area contributed by atoms with Gasteiger partial charge in [-0.2, -0.15) is 0 Å². The molecule has 0 aliphatic carbocycles. The molecular weight excluding hydrogens is 278 g/mol. The van der Waals surface area contributed by atoms with Crippen LogP contribution in [0.4, 0.5) is 0 Å². The molecular formula is C18H33NO3. The molecule has 4 nitrogen and oxygen atoms in total. The number of likely N-dealkylation sites (tertiary alicyclic amines) is 1. The third-order valence-electron chi connectivity index (χ3n) is 3.81. The number of carbonyl (C=O) groups is 2. The van der Waals surface area contributed by atoms with Crippen molar-refractivity contribution in [3.05, 3.63) is 0 Å². The molecule has 0 N–H and O–H groups in total. The first-order valence-electron chi connectivity index (χ1n) is 8.46. The van der Waals surface area contributed by atoms with Crippen LogP contribution < -0.4 is 0 Å². The van der Waals surface area contributed by atoms with Crippen LogP contribution >= 0.6 is 0 Å². The third-order valence-corrected chi connectivity index (χ3v) is 3.81. The quantitative estimate of drug-likeness (QED) is 0.726. The standard InChI is InChI=1S/C18H33NO3/c1-17(2,3)11-7-10-15(20)19-12-8-9-14(19)16(21)22-13-18(4,5)6/h14H,7-13H2,1-6H3. The second-order valence-corrected chi connectivity index (χ2v) is 8.83. The topological polar surface area (TPSA) is 46.6 Å². The number of hydrogen-bond acceptors (Lipinski definition) is 3. The zero-order chi connectivity index (χ0) is 17.0. The van der Waals surface area contributed by atoms with Gasteiger partial charge in [0.2, 0.25) is 5.91 Å². The summed E-state index contributed by atoms with van der Waals surface area (Å²) in [6, 6.07) is -0.371. The van der Waals surface area contributed by atoms with E-state index in [1.807, 2.05) is 20.8 Å². The lowest BCUT2D eigenvalue weighted by molar-refractivity contribution is -0.155. The molecule has 1 aliphatic rings. The number of esters is 1. The van der Waals surface area contributed by atoms with E-state index in [4.69, 9.17) is 4.74 Å². The number of ether oxygens (including phenoxy) is 1. The van der Waals surface area contributed by atoms with Gasteiger partial charge < -0.3 is 9.64 Å². The Bertz CT molecular complexity index is 390. The number of amides is 1. The Labute approximate surface area is 135 Å². The number of carbonyl (C=O) groups excluding carboxylic acids is 2. The molecule has 1 heterocycles. The summed E-state index contributed by atoms with van der Waals surface area (Å²) in [5, 5.41) is 0. The summed E-state index contributed by atoms with van der Waals surface area (Å²) in [7, 11) is 0. The van der Waals surface area contributed by atoms with Gasteiger partial charge in [0.15, 0.2) is 0 Å². The van der Waals surface area contributed by atoms with Crippen molar-refractivity contribution in [3.63, 3.8) is 0 Å². The highest BCUT2D eigenvalue weighted by atomic mass is 16.5. The van der Waals surface area contributed by atoms with Crippen LogP contribution in [0.15, 0.2) is 0 Å². The van der Waals surface area contributed by atoms with E-state index >= 15 is 0 Å². The summed E-state index contributed by atoms with van der Waals surface area (Å²) in [6.45, 7) is 13.7. The molecule has 0 spiro atoms. The molecule has 1 rings (SSSR count). The van der Waals surface area contributed by atoms with E-state index in [1.165, 1.54) is 0 Å². The Morgan fingerprint density at radius 2 is 1.73 bits per heavy atom. The molecule has 1 unspecified atom stereocenters. The van der Waals surface area contributed by atoms with Gasteiger partial charge >= 0.3 is 5.97 Å². The number of rotatable bonds is 5. The molecule has 1 amide bonds. The lowest BCUT2D eigenvalue weighted by Gasteiger charge is -2.26. The van der Waals surface area contributed by atoms with Gasteiger partial charge in [0.1, 0.15) is 6.04 Å². The summed E-state index contributed by atoms with van der Waals surface area (Å²) in [4.78, 5) is 26.3. The van der Waals surface area contributed by atoms with Crippen molar-refractivity contribution in [2.45, 2.75) is 79.7 Å². The van der Waals surface area contributed by atoms with E-state index in [0.717, 1.165) is 25.7 Å². The summed E-state index contributed by atoms with van der Waals surface area (Å²) >= 11 is 0. The largest absolute Gasteiger partial charge is 0.464 e. The van der Waals surface area contributed by atoms with E-state index in [0.29, 0.717) is 19.6 Å². The molecule has 0 bridgehead atoms. The van der Waals surface area contributed by atoms with Crippen LogP contribution in [0.2, 0.25) is 0 Å². The van der Waals surface area contributed by atoms with E-state index in [9.17, 15) is 9.59 Å². The maximum atomic E-state index is 12.4. The first-order chi connectivity index (χ1) is 9.99. The molecule has 1 aliphatic heterocycles. The molecule has 0 aromatic rings. The van der Waals surface area contributed by atoms with Crippen LogP contribution in [0.25, 0.3) is 0 Å². The third kappa shape index (κ3) is 6.80. The van der Waals surface area contributed by atoms with Crippen molar-refractivity contribution in [1.29, 1.82) is 0 Å². The van der Waals surface area contributed by atoms with Crippen LogP contribution in [-0.4, -0.2) is 36.0 Å². The monoisotopic (exact) mass is 311 g/mol. The summed E-state index contributed by atoms with van der Waals surface area (Å²) in [5.74, 6) is -0.143. The molecule has 1 atom stereocenters. The fraction of sp³-hybridized carbons (Fsp3) is 0.889. The predicted molar refractivity (Wildman–Crippen MR) is 88.5 cm³/mol. The van der Waals surface area contributed by atoms with Crippen molar-refractivity contribution < 1.29 is 14.3 Å². The Kier molecular flexibility index (Phi) is 6.45. The molecule has 1 saturated heterocycles. The molecule has 1 fully saturated rings. The molecule has 0 radical (unpaired) electrons. The predicted octanol–water partition coefficient (Wildman–Crippen LogP) is 3.78. The average Bonchev–Trinajstić information content (AvgIpc) is 2.82. The van der Waals surface area contributed by atoms with Gasteiger partial charge in [-0.1, -0.05) is 41.5 Å². The van der Waals surface area contributed by atoms with Gasteiger partial charge in [0.25, 0.3) is 0 Å². The minimum atomic E-state index is -0.371. The van der Waals surface area contributed by atoms with E-state index in [-0.39, 0.29) is 28.7 Å². The highest BCUT2D eigenvalue weighted by Gasteiger charge is 2.35. The Morgan fingerprint density at radius 1 is 1.09 bits per heavy atom. The van der Waals surface area contributed by atoms with Gasteiger partial charge in [-0.15, -0.1) is 0 Å². The minimum absolute atomic E-state index is 0.0458. The van der Waals surface area contributed by atoms with Crippen LogP contribution in [0, 0.1) is 10.8 Å². The molecule has 22 heavy (non-hydrogen) atoms. The van der Waals surface area contributed by atoms with Gasteiger partial charge in [0, 0.05) is 13.0 Å². The molecule has 128 valence electrons. The molecule has 0 aromatic carbocycles. The first kappa shape index (κ1) is 19.0. The van der Waals surface area contributed by atoms with E-state index in [1.54, 1.807) is 4.90 Å². The summed E-state index contributed by atoms with van der Waals surface area (Å²) in [5.41, 5.74) is 0.201. The van der Waals surface area contributed by atoms with Gasteiger partial charge in [-0.25, -0.2) is 4.79 Å². The molecule has 0 aromatic heterocycles. The maximum Gasteiger partial charge on any atom is 0.328 e. The highest BCUT2D eigenvalue weighted by molar-refractivity contribution is 5.85. The van der Waals surface area contributed by atoms with Crippen molar-refractivity contribution in [1.82, 2.24) is 4.90 Å². The smallest absolute Gasteiger partial charge is 0.328 e. The van der Waals surface area contributed by atoms with Crippen molar-refractivity contribution in [3.8, 4) is 0 Å². The molecule has 0 saturated carbocycles. The normalized spacial score (nSPS) is 19.4. The fourth-order valence-corrected chi connectivity index (χ4v) is 2.61. The SMILES string of the molecule is CC(C)(C)CCCC(=O)N1CCCC1C(=O)OCC(C)(C)C. The average molecular weight is 311 g/mol. The lowest BCUT2D eigenvalue weighted by Crippen LogP contribution is -2.42. The van der Waals surface area contributed by atoms with Crippen LogP contribution in [0.5, 0.6) is 0 Å². The van der Waals surface area contributed by atoms with Crippen molar-refractivity contribution in [2.75, 3.05) is 13.2 Å². The summed E-state index contributed by atoms with van der Waals surface area (Å²) < 4.78 is 5.40. The fourth-order valence-electron chi connectivity index (χ4n) is 2.61. The number of hydrogen-bond donors (Lipinski definition) is 0.